The SMILES string of the molecule is CCCCC(CCC)Nc1ccccc1S(=O)(=O)C(F)F. The monoisotopic (exact) mass is 319 g/mol. The average Bonchev–Trinajstić information content (AvgIpc) is 2.45. The van der Waals surface area contributed by atoms with Crippen molar-refractivity contribution in [1.29, 1.82) is 0 Å². The van der Waals surface area contributed by atoms with Gasteiger partial charge in [0.1, 0.15) is 0 Å². The van der Waals surface area contributed by atoms with Crippen LogP contribution >= 0.6 is 0 Å². The molecule has 120 valence electrons. The Bertz CT molecular complexity index is 532. The van der Waals surface area contributed by atoms with Crippen LogP contribution in [0.4, 0.5) is 14.5 Å². The van der Waals surface area contributed by atoms with E-state index in [1.54, 1.807) is 12.1 Å². The maximum atomic E-state index is 12.8. The van der Waals surface area contributed by atoms with Crippen molar-refractivity contribution >= 4 is 15.5 Å². The molecule has 0 saturated heterocycles. The second kappa shape index (κ2) is 8.32. The Labute approximate surface area is 125 Å². The molecule has 0 spiro atoms. The minimum atomic E-state index is -4.58. The Kier molecular flexibility index (Phi) is 7.08. The van der Waals surface area contributed by atoms with Crippen molar-refractivity contribution in [3.8, 4) is 0 Å². The third kappa shape index (κ3) is 4.95. The molecule has 0 fully saturated rings. The molecule has 0 aliphatic carbocycles. The Morgan fingerprint density at radius 2 is 1.76 bits per heavy atom. The maximum absolute atomic E-state index is 12.8. The lowest BCUT2D eigenvalue weighted by atomic mass is 10.0. The fourth-order valence-corrected chi connectivity index (χ4v) is 3.13. The van der Waals surface area contributed by atoms with Crippen molar-refractivity contribution < 1.29 is 17.2 Å². The summed E-state index contributed by atoms with van der Waals surface area (Å²) < 4.78 is 48.9. The van der Waals surface area contributed by atoms with Crippen molar-refractivity contribution in [2.45, 2.75) is 62.6 Å². The normalized spacial score (nSPS) is 13.4. The predicted molar refractivity (Wildman–Crippen MR) is 81.5 cm³/mol. The van der Waals surface area contributed by atoms with Gasteiger partial charge in [-0.05, 0) is 25.0 Å². The molecule has 0 aromatic heterocycles. The molecule has 1 unspecified atom stereocenters. The van der Waals surface area contributed by atoms with Crippen LogP contribution < -0.4 is 5.32 Å². The number of hydrogen-bond acceptors (Lipinski definition) is 3. The van der Waals surface area contributed by atoms with Crippen molar-refractivity contribution in [3.05, 3.63) is 24.3 Å². The zero-order valence-corrected chi connectivity index (χ0v) is 13.3. The Morgan fingerprint density at radius 3 is 2.33 bits per heavy atom. The fourth-order valence-electron chi connectivity index (χ4n) is 2.24. The lowest BCUT2D eigenvalue weighted by Crippen LogP contribution is -2.22. The van der Waals surface area contributed by atoms with Gasteiger partial charge in [0.25, 0.3) is 0 Å². The van der Waals surface area contributed by atoms with E-state index in [-0.39, 0.29) is 16.6 Å². The summed E-state index contributed by atoms with van der Waals surface area (Å²) in [6.07, 6.45) is 4.78. The van der Waals surface area contributed by atoms with Crippen LogP contribution in [0.3, 0.4) is 0 Å². The summed E-state index contributed by atoms with van der Waals surface area (Å²) in [4.78, 5) is -0.322. The van der Waals surface area contributed by atoms with Crippen LogP contribution in [0.2, 0.25) is 0 Å². The minimum absolute atomic E-state index is 0.101. The molecule has 0 amide bonds. The third-order valence-electron chi connectivity index (χ3n) is 3.33. The molecule has 3 nitrogen and oxygen atoms in total. The zero-order valence-electron chi connectivity index (χ0n) is 12.5. The molecule has 1 rings (SSSR count). The largest absolute Gasteiger partial charge is 0.381 e. The minimum Gasteiger partial charge on any atom is -0.381 e. The highest BCUT2D eigenvalue weighted by Crippen LogP contribution is 2.27. The van der Waals surface area contributed by atoms with E-state index < -0.39 is 15.6 Å². The zero-order chi connectivity index (χ0) is 15.9. The molecule has 0 aliphatic heterocycles. The summed E-state index contributed by atoms with van der Waals surface area (Å²) in [7, 11) is -4.58. The number of benzene rings is 1. The van der Waals surface area contributed by atoms with Crippen LogP contribution in [-0.4, -0.2) is 20.2 Å². The maximum Gasteiger partial charge on any atom is 0.341 e. The summed E-state index contributed by atoms with van der Waals surface area (Å²) in [5.74, 6) is -3.40. The number of rotatable bonds is 9. The van der Waals surface area contributed by atoms with E-state index in [1.165, 1.54) is 12.1 Å². The van der Waals surface area contributed by atoms with Crippen LogP contribution in [-0.2, 0) is 9.84 Å². The van der Waals surface area contributed by atoms with Gasteiger partial charge < -0.3 is 5.32 Å². The lowest BCUT2D eigenvalue weighted by molar-refractivity contribution is 0.235. The van der Waals surface area contributed by atoms with E-state index in [1.807, 2.05) is 6.92 Å². The number of halogens is 2. The molecule has 1 aromatic carbocycles. The first-order chi connectivity index (χ1) is 9.93. The number of para-hydroxylation sites is 1. The molecule has 1 aromatic rings. The molecule has 0 saturated carbocycles. The standard InChI is InChI=1S/C15H23F2NO2S/c1-3-5-9-12(8-4-2)18-13-10-6-7-11-14(13)21(19,20)15(16)17/h6-7,10-12,15,18H,3-5,8-9H2,1-2H3. The van der Waals surface area contributed by atoms with Crippen molar-refractivity contribution in [2.75, 3.05) is 5.32 Å². The van der Waals surface area contributed by atoms with Gasteiger partial charge in [-0.15, -0.1) is 0 Å². The first-order valence-corrected chi connectivity index (χ1v) is 8.85. The van der Waals surface area contributed by atoms with Crippen LogP contribution in [0.1, 0.15) is 46.0 Å². The predicted octanol–water partition coefficient (Wildman–Crippen LogP) is 4.45. The molecule has 0 aliphatic rings. The number of sulfone groups is 1. The molecule has 0 bridgehead atoms. The van der Waals surface area contributed by atoms with Crippen LogP contribution in [0.25, 0.3) is 0 Å². The van der Waals surface area contributed by atoms with Crippen LogP contribution in [0, 0.1) is 0 Å². The molecule has 6 heteroatoms. The van der Waals surface area contributed by atoms with E-state index in [0.717, 1.165) is 32.1 Å². The summed E-state index contributed by atoms with van der Waals surface area (Å²) in [6.45, 7) is 4.13. The highest BCUT2D eigenvalue weighted by molar-refractivity contribution is 7.91. The molecular formula is C15H23F2NO2S. The quantitative estimate of drug-likeness (QED) is 0.731. The Hall–Kier alpha value is -1.17. The van der Waals surface area contributed by atoms with Crippen LogP contribution in [0.15, 0.2) is 29.2 Å². The smallest absolute Gasteiger partial charge is 0.341 e. The first-order valence-electron chi connectivity index (χ1n) is 7.31. The van der Waals surface area contributed by atoms with Gasteiger partial charge in [0.2, 0.25) is 9.84 Å². The Balaban J connectivity index is 3.02. The number of anilines is 1. The molecule has 21 heavy (non-hydrogen) atoms. The van der Waals surface area contributed by atoms with Gasteiger partial charge in [-0.25, -0.2) is 8.42 Å². The third-order valence-corrected chi connectivity index (χ3v) is 4.77. The number of alkyl halides is 2. The fraction of sp³-hybridized carbons (Fsp3) is 0.600. The van der Waals surface area contributed by atoms with Gasteiger partial charge in [0, 0.05) is 6.04 Å². The topological polar surface area (TPSA) is 46.2 Å². The van der Waals surface area contributed by atoms with E-state index in [2.05, 4.69) is 12.2 Å². The summed E-state index contributed by atoms with van der Waals surface area (Å²) in [5.41, 5.74) is 0.271. The summed E-state index contributed by atoms with van der Waals surface area (Å²) in [6, 6.07) is 5.98. The molecule has 1 N–H and O–H groups in total. The highest BCUT2D eigenvalue weighted by atomic mass is 32.2. The van der Waals surface area contributed by atoms with Crippen LogP contribution in [0.5, 0.6) is 0 Å². The first kappa shape index (κ1) is 17.9. The number of unbranched alkanes of at least 4 members (excludes halogenated alkanes) is 1. The second-order valence-corrected chi connectivity index (χ2v) is 6.96. The molecule has 0 heterocycles. The number of hydrogen-bond donors (Lipinski definition) is 1. The van der Waals surface area contributed by atoms with Crippen molar-refractivity contribution in [1.82, 2.24) is 0 Å². The van der Waals surface area contributed by atoms with Gasteiger partial charge in [0.05, 0.1) is 10.6 Å². The summed E-state index contributed by atoms with van der Waals surface area (Å²) in [5, 5.41) is 3.13. The van der Waals surface area contributed by atoms with Gasteiger partial charge >= 0.3 is 5.76 Å². The van der Waals surface area contributed by atoms with Crippen molar-refractivity contribution in [3.63, 3.8) is 0 Å². The number of nitrogens with one attached hydrogen (secondary N) is 1. The van der Waals surface area contributed by atoms with E-state index >= 15 is 0 Å². The van der Waals surface area contributed by atoms with Gasteiger partial charge in [-0.3, -0.25) is 0 Å². The van der Waals surface area contributed by atoms with E-state index in [4.69, 9.17) is 0 Å². The lowest BCUT2D eigenvalue weighted by Gasteiger charge is -2.21. The summed E-state index contributed by atoms with van der Waals surface area (Å²) >= 11 is 0. The molecule has 1 atom stereocenters. The molecule has 0 radical (unpaired) electrons. The second-order valence-electron chi connectivity index (χ2n) is 5.07. The van der Waals surface area contributed by atoms with Gasteiger partial charge in [-0.1, -0.05) is 45.2 Å². The van der Waals surface area contributed by atoms with E-state index in [9.17, 15) is 17.2 Å². The van der Waals surface area contributed by atoms with E-state index in [0.29, 0.717) is 0 Å². The highest BCUT2D eigenvalue weighted by Gasteiger charge is 2.29. The Morgan fingerprint density at radius 1 is 1.10 bits per heavy atom. The average molecular weight is 319 g/mol. The van der Waals surface area contributed by atoms with Gasteiger partial charge in [-0.2, -0.15) is 8.78 Å². The van der Waals surface area contributed by atoms with Crippen molar-refractivity contribution in [2.24, 2.45) is 0 Å². The van der Waals surface area contributed by atoms with Gasteiger partial charge in [0.15, 0.2) is 0 Å². The molecular weight excluding hydrogens is 296 g/mol.